The Morgan fingerprint density at radius 3 is 2.86 bits per heavy atom. The zero-order valence-corrected chi connectivity index (χ0v) is 16.2. The minimum Gasteiger partial charge on any atom is -0.378 e. The highest BCUT2D eigenvalue weighted by Crippen LogP contribution is 2.24. The molecule has 1 aliphatic heterocycles. The third-order valence-corrected chi connectivity index (χ3v) is 5.04. The molecule has 0 bridgehead atoms. The molecule has 9 nitrogen and oxygen atoms in total. The fourth-order valence-electron chi connectivity index (χ4n) is 3.61. The molecule has 0 radical (unpaired) electrons. The van der Waals surface area contributed by atoms with E-state index >= 15 is 0 Å². The number of carbonyl (C=O) groups excluding carboxylic acids is 1. The Labute approximate surface area is 163 Å². The number of nitrogens with one attached hydrogen (secondary N) is 2. The van der Waals surface area contributed by atoms with Crippen LogP contribution in [0, 0.1) is 6.92 Å². The van der Waals surface area contributed by atoms with Crippen LogP contribution in [0.2, 0.25) is 0 Å². The van der Waals surface area contributed by atoms with E-state index in [1.54, 1.807) is 0 Å². The molecule has 1 aliphatic carbocycles. The van der Waals surface area contributed by atoms with E-state index in [0.717, 1.165) is 61.7 Å². The number of carbonyl (C=O) groups is 1. The molecule has 2 aromatic heterocycles. The first kappa shape index (κ1) is 18.7. The van der Waals surface area contributed by atoms with Gasteiger partial charge in [-0.3, -0.25) is 4.79 Å². The van der Waals surface area contributed by atoms with Crippen LogP contribution in [0.5, 0.6) is 0 Å². The van der Waals surface area contributed by atoms with Crippen molar-refractivity contribution < 1.29 is 14.1 Å². The van der Waals surface area contributed by atoms with Gasteiger partial charge in [-0.1, -0.05) is 5.16 Å². The normalized spacial score (nSPS) is 16.5. The lowest BCUT2D eigenvalue weighted by Gasteiger charge is -2.28. The molecule has 0 atom stereocenters. The van der Waals surface area contributed by atoms with Crippen molar-refractivity contribution in [3.05, 3.63) is 28.9 Å². The summed E-state index contributed by atoms with van der Waals surface area (Å²) in [6.45, 7) is 5.99. The molecule has 9 heteroatoms. The lowest BCUT2D eigenvalue weighted by atomic mass is 9.96. The van der Waals surface area contributed by atoms with Gasteiger partial charge in [0.05, 0.1) is 13.2 Å². The van der Waals surface area contributed by atoms with Crippen molar-refractivity contribution in [1.29, 1.82) is 0 Å². The van der Waals surface area contributed by atoms with Crippen LogP contribution in [-0.4, -0.2) is 60.4 Å². The first-order chi connectivity index (χ1) is 13.7. The lowest BCUT2D eigenvalue weighted by Crippen LogP contribution is -2.37. The number of hydrogen-bond donors (Lipinski definition) is 2. The molecule has 2 aromatic rings. The van der Waals surface area contributed by atoms with Gasteiger partial charge in [-0.05, 0) is 26.2 Å². The van der Waals surface area contributed by atoms with E-state index in [1.165, 1.54) is 0 Å². The summed E-state index contributed by atoms with van der Waals surface area (Å²) in [6, 6.07) is 1.94. The highest BCUT2D eigenvalue weighted by molar-refractivity contribution is 5.93. The zero-order chi connectivity index (χ0) is 19.3. The summed E-state index contributed by atoms with van der Waals surface area (Å²) in [5, 5.41) is 10.1. The Morgan fingerprint density at radius 1 is 1.18 bits per heavy atom. The average molecular weight is 386 g/mol. The van der Waals surface area contributed by atoms with Crippen LogP contribution >= 0.6 is 0 Å². The number of aryl methyl sites for hydroxylation is 2. The second-order valence-electron chi connectivity index (χ2n) is 7.08. The van der Waals surface area contributed by atoms with Crippen molar-refractivity contribution in [2.75, 3.05) is 49.6 Å². The van der Waals surface area contributed by atoms with Crippen molar-refractivity contribution >= 4 is 17.5 Å². The van der Waals surface area contributed by atoms with Crippen LogP contribution in [0.15, 0.2) is 10.6 Å². The summed E-state index contributed by atoms with van der Waals surface area (Å²) in [4.78, 5) is 23.5. The molecule has 4 rings (SSSR count). The lowest BCUT2D eigenvalue weighted by molar-refractivity contribution is 0.0945. The second-order valence-corrected chi connectivity index (χ2v) is 7.08. The van der Waals surface area contributed by atoms with E-state index in [4.69, 9.17) is 9.26 Å². The fourth-order valence-corrected chi connectivity index (χ4v) is 3.61. The molecule has 150 valence electrons. The highest BCUT2D eigenvalue weighted by Gasteiger charge is 2.23. The molecule has 1 fully saturated rings. The smallest absolute Gasteiger partial charge is 0.273 e. The maximum absolute atomic E-state index is 12.4. The molecule has 3 heterocycles. The van der Waals surface area contributed by atoms with E-state index in [0.29, 0.717) is 37.8 Å². The van der Waals surface area contributed by atoms with E-state index in [9.17, 15) is 4.79 Å². The largest absolute Gasteiger partial charge is 0.378 e. The highest BCUT2D eigenvalue weighted by atomic mass is 16.5. The summed E-state index contributed by atoms with van der Waals surface area (Å²) >= 11 is 0. The number of anilines is 2. The molecular weight excluding hydrogens is 360 g/mol. The minimum absolute atomic E-state index is 0.179. The van der Waals surface area contributed by atoms with Crippen molar-refractivity contribution in [1.82, 2.24) is 20.4 Å². The van der Waals surface area contributed by atoms with Gasteiger partial charge in [-0.2, -0.15) is 0 Å². The van der Waals surface area contributed by atoms with Gasteiger partial charge in [0.25, 0.3) is 5.91 Å². The van der Waals surface area contributed by atoms with Crippen molar-refractivity contribution in [2.24, 2.45) is 0 Å². The van der Waals surface area contributed by atoms with Crippen LogP contribution in [0.4, 0.5) is 11.6 Å². The number of amides is 1. The van der Waals surface area contributed by atoms with Crippen LogP contribution < -0.4 is 15.5 Å². The molecule has 28 heavy (non-hydrogen) atoms. The Bertz CT molecular complexity index is 831. The van der Waals surface area contributed by atoms with Crippen LogP contribution in [0.25, 0.3) is 0 Å². The number of hydrogen-bond acceptors (Lipinski definition) is 8. The second kappa shape index (κ2) is 8.55. The first-order valence-electron chi connectivity index (χ1n) is 9.88. The molecule has 0 unspecified atom stereocenters. The monoisotopic (exact) mass is 386 g/mol. The topological polar surface area (TPSA) is 105 Å². The molecule has 0 saturated carbocycles. The maximum Gasteiger partial charge on any atom is 0.273 e. The number of fused-ring (bicyclic) bond motifs is 1. The van der Waals surface area contributed by atoms with Gasteiger partial charge in [0.2, 0.25) is 0 Å². The van der Waals surface area contributed by atoms with E-state index < -0.39 is 0 Å². The van der Waals surface area contributed by atoms with Crippen molar-refractivity contribution in [3.8, 4) is 0 Å². The summed E-state index contributed by atoms with van der Waals surface area (Å²) < 4.78 is 10.7. The molecule has 1 saturated heterocycles. The quantitative estimate of drug-likeness (QED) is 0.717. The van der Waals surface area contributed by atoms with Crippen LogP contribution in [0.3, 0.4) is 0 Å². The minimum atomic E-state index is -0.179. The summed E-state index contributed by atoms with van der Waals surface area (Å²) in [6.07, 6.45) is 3.91. The molecule has 1 amide bonds. The van der Waals surface area contributed by atoms with E-state index in [-0.39, 0.29) is 5.91 Å². The number of morpholine rings is 1. The van der Waals surface area contributed by atoms with E-state index in [2.05, 4.69) is 30.7 Å². The zero-order valence-electron chi connectivity index (χ0n) is 16.2. The molecule has 2 aliphatic rings. The summed E-state index contributed by atoms with van der Waals surface area (Å²) in [7, 11) is 0. The Morgan fingerprint density at radius 2 is 2.00 bits per heavy atom. The average Bonchev–Trinajstić information content (AvgIpc) is 3.16. The number of rotatable bonds is 6. The van der Waals surface area contributed by atoms with Gasteiger partial charge < -0.3 is 24.8 Å². The molecule has 2 N–H and O–H groups in total. The predicted molar refractivity (Wildman–Crippen MR) is 104 cm³/mol. The van der Waals surface area contributed by atoms with Gasteiger partial charge in [-0.15, -0.1) is 0 Å². The van der Waals surface area contributed by atoms with Crippen LogP contribution in [0.1, 0.15) is 40.5 Å². The third kappa shape index (κ3) is 4.24. The van der Waals surface area contributed by atoms with Gasteiger partial charge in [0.1, 0.15) is 23.2 Å². The molecule has 0 spiro atoms. The van der Waals surface area contributed by atoms with Gasteiger partial charge in [0.15, 0.2) is 5.69 Å². The van der Waals surface area contributed by atoms with Gasteiger partial charge in [-0.25, -0.2) is 9.97 Å². The molecular formula is C19H26N6O3. The number of ether oxygens (including phenoxy) is 1. The Balaban J connectivity index is 1.30. The van der Waals surface area contributed by atoms with Crippen LogP contribution in [-0.2, 0) is 17.6 Å². The Kier molecular flexibility index (Phi) is 5.70. The molecule has 0 aromatic carbocycles. The van der Waals surface area contributed by atoms with Crippen molar-refractivity contribution in [2.45, 2.75) is 32.6 Å². The maximum atomic E-state index is 12.4. The van der Waals surface area contributed by atoms with Crippen molar-refractivity contribution in [3.63, 3.8) is 0 Å². The van der Waals surface area contributed by atoms with Gasteiger partial charge >= 0.3 is 0 Å². The Hall–Kier alpha value is -2.68. The van der Waals surface area contributed by atoms with E-state index in [1.807, 2.05) is 13.0 Å². The first-order valence-corrected chi connectivity index (χ1v) is 9.88. The standard InChI is InChI=1S/C19H26N6O3/c1-13-22-16(12-17(23-13)25-8-10-27-11-9-25)20-6-7-21-19(26)18-14-4-2-3-5-15(14)28-24-18/h12H,2-11H2,1H3,(H,21,26)(H,20,22,23). The van der Waals surface area contributed by atoms with Gasteiger partial charge in [0, 0.05) is 44.2 Å². The summed E-state index contributed by atoms with van der Waals surface area (Å²) in [5.74, 6) is 3.05. The fraction of sp³-hybridized carbons (Fsp3) is 0.579. The number of nitrogens with zero attached hydrogens (tertiary/aromatic N) is 4. The summed E-state index contributed by atoms with van der Waals surface area (Å²) in [5.41, 5.74) is 1.40. The predicted octanol–water partition coefficient (Wildman–Crippen LogP) is 1.33. The SMILES string of the molecule is Cc1nc(NCCNC(=O)c2noc3c2CCCC3)cc(N2CCOCC2)n1. The number of aromatic nitrogens is 3. The third-order valence-electron chi connectivity index (χ3n) is 5.04.